The molecule has 2 N–H and O–H groups in total. The summed E-state index contributed by atoms with van der Waals surface area (Å²) in [6, 6.07) is 14.1. The van der Waals surface area contributed by atoms with Gasteiger partial charge in [-0.2, -0.15) is 5.26 Å². The number of nitriles is 1. The lowest BCUT2D eigenvalue weighted by atomic mass is 9.98. The average Bonchev–Trinajstić information content (AvgIpc) is 3.52. The van der Waals surface area contributed by atoms with E-state index in [9.17, 15) is 9.65 Å². The van der Waals surface area contributed by atoms with E-state index in [1.165, 1.54) is 12.3 Å². The molecule has 4 heterocycles. The van der Waals surface area contributed by atoms with Crippen molar-refractivity contribution in [1.82, 2.24) is 29.9 Å². The van der Waals surface area contributed by atoms with Crippen molar-refractivity contribution in [2.24, 2.45) is 0 Å². The fourth-order valence-corrected chi connectivity index (χ4v) is 6.18. The number of nitrogens with one attached hydrogen (secondary N) is 2. The highest BCUT2D eigenvalue weighted by molar-refractivity contribution is 6.36. The molecule has 1 saturated heterocycles. The highest BCUT2D eigenvalue weighted by atomic mass is 35.5. The van der Waals surface area contributed by atoms with Crippen molar-refractivity contribution >= 4 is 51.2 Å². The normalized spacial score (nSPS) is 15.1. The molecule has 230 valence electrons. The Bertz CT molecular complexity index is 1870. The Morgan fingerprint density at radius 2 is 1.87 bits per heavy atom. The molecule has 0 unspecified atom stereocenters. The minimum Gasteiger partial charge on any atom is -0.373 e. The molecule has 0 aliphatic carbocycles. The molecule has 45 heavy (non-hydrogen) atoms. The topological polar surface area (TPSA) is 108 Å². The van der Waals surface area contributed by atoms with Crippen LogP contribution in [-0.4, -0.2) is 48.5 Å². The maximum Gasteiger partial charge on any atom is 0.165 e. The molecule has 0 radical (unpaired) electrons. The zero-order valence-corrected chi connectivity index (χ0v) is 26.6. The third-order valence-corrected chi connectivity index (χ3v) is 8.78. The van der Waals surface area contributed by atoms with E-state index in [0.717, 1.165) is 37.2 Å². The van der Waals surface area contributed by atoms with Crippen molar-refractivity contribution in [2.75, 3.05) is 23.7 Å². The van der Waals surface area contributed by atoms with Crippen LogP contribution in [0.3, 0.4) is 0 Å². The van der Waals surface area contributed by atoms with E-state index < -0.39 is 11.9 Å². The third kappa shape index (κ3) is 6.43. The van der Waals surface area contributed by atoms with Gasteiger partial charge in [0.1, 0.15) is 11.8 Å². The first kappa shape index (κ1) is 30.7. The number of hydrogen-bond donors (Lipinski definition) is 2. The van der Waals surface area contributed by atoms with Crippen LogP contribution in [0.25, 0.3) is 10.9 Å². The third-order valence-electron chi connectivity index (χ3n) is 8.20. The lowest BCUT2D eigenvalue weighted by Gasteiger charge is -2.40. The number of fused-ring (bicyclic) bond motifs is 1. The van der Waals surface area contributed by atoms with Crippen LogP contribution in [0.1, 0.15) is 62.5 Å². The van der Waals surface area contributed by atoms with Crippen LogP contribution >= 0.6 is 23.2 Å². The van der Waals surface area contributed by atoms with Crippen LogP contribution in [-0.2, 0) is 0 Å². The van der Waals surface area contributed by atoms with E-state index in [0.29, 0.717) is 27.3 Å². The molecule has 12 heteroatoms. The van der Waals surface area contributed by atoms with E-state index >= 15 is 0 Å². The first-order chi connectivity index (χ1) is 21.6. The molecule has 0 spiro atoms. The second kappa shape index (κ2) is 12.6. The van der Waals surface area contributed by atoms with Gasteiger partial charge in [-0.3, -0.25) is 14.9 Å². The van der Waals surface area contributed by atoms with E-state index in [4.69, 9.17) is 23.2 Å². The maximum absolute atomic E-state index is 14.9. The molecule has 0 amide bonds. The molecule has 5 aromatic rings. The number of pyridine rings is 2. The van der Waals surface area contributed by atoms with Gasteiger partial charge < -0.3 is 10.6 Å². The van der Waals surface area contributed by atoms with Gasteiger partial charge in [0.25, 0.3) is 0 Å². The summed E-state index contributed by atoms with van der Waals surface area (Å²) in [6.45, 7) is 8.73. The van der Waals surface area contributed by atoms with E-state index in [1.807, 2.05) is 29.1 Å². The molecule has 6 rings (SSSR count). The molecule has 1 fully saturated rings. The number of aromatic nitrogens is 5. The molecule has 2 aromatic carbocycles. The van der Waals surface area contributed by atoms with Gasteiger partial charge in [-0.15, -0.1) is 5.10 Å². The van der Waals surface area contributed by atoms with Crippen molar-refractivity contribution in [3.8, 4) is 6.07 Å². The van der Waals surface area contributed by atoms with Crippen molar-refractivity contribution < 1.29 is 4.39 Å². The van der Waals surface area contributed by atoms with Gasteiger partial charge >= 0.3 is 0 Å². The number of likely N-dealkylation sites (tertiary alicyclic amines) is 1. The van der Waals surface area contributed by atoms with Crippen LogP contribution in [0, 0.1) is 17.1 Å². The second-order valence-electron chi connectivity index (χ2n) is 12.1. The van der Waals surface area contributed by atoms with Gasteiger partial charge in [0.05, 0.1) is 50.8 Å². The summed E-state index contributed by atoms with van der Waals surface area (Å²) < 4.78 is 16.9. The number of halogens is 3. The second-order valence-corrected chi connectivity index (χ2v) is 12.9. The number of rotatable bonds is 7. The molecule has 0 bridgehead atoms. The van der Waals surface area contributed by atoms with Crippen LogP contribution in [0.4, 0.5) is 21.5 Å². The van der Waals surface area contributed by atoms with Gasteiger partial charge in [-0.25, -0.2) is 9.07 Å². The van der Waals surface area contributed by atoms with Crippen LogP contribution in [0.2, 0.25) is 10.0 Å². The Kier molecular flexibility index (Phi) is 8.60. The smallest absolute Gasteiger partial charge is 0.165 e. The van der Waals surface area contributed by atoms with E-state index in [-0.39, 0.29) is 27.9 Å². The lowest BCUT2D eigenvalue weighted by molar-refractivity contribution is 0.0866. The summed E-state index contributed by atoms with van der Waals surface area (Å²) in [5.74, 6) is -0.628. The van der Waals surface area contributed by atoms with Crippen molar-refractivity contribution in [2.45, 2.75) is 51.2 Å². The molecule has 0 saturated carbocycles. The fraction of sp³-hybridized carbons (Fsp3) is 0.303. The monoisotopic (exact) mass is 643 g/mol. The van der Waals surface area contributed by atoms with Gasteiger partial charge in [-0.1, -0.05) is 40.5 Å². The summed E-state index contributed by atoms with van der Waals surface area (Å²) in [7, 11) is 0. The standard InChI is InChI=1S/C33H32Cl2FN9/c1-33(2,3)44-12-9-23(10-13-44)45-19-28(42-43-45)31(20-6-5-11-38-17-20)40-22-14-24-30(41-27-8-4-7-25(34)29(27)36)21(16-37)18-39-32(24)26(35)15-22/h4-8,11,14-15,17-19,23,31,40H,9-10,12-13H2,1-3H3,(H,39,41)/t31-/m0/s1. The maximum atomic E-state index is 14.9. The highest BCUT2D eigenvalue weighted by Crippen LogP contribution is 2.38. The van der Waals surface area contributed by atoms with Crippen LogP contribution < -0.4 is 10.6 Å². The Labute approximate surface area is 271 Å². The molecule has 1 aliphatic rings. The molecule has 9 nitrogen and oxygen atoms in total. The Morgan fingerprint density at radius 3 is 2.58 bits per heavy atom. The van der Waals surface area contributed by atoms with Gasteiger partial charge in [0.15, 0.2) is 5.82 Å². The largest absolute Gasteiger partial charge is 0.373 e. The van der Waals surface area contributed by atoms with Crippen molar-refractivity contribution in [3.63, 3.8) is 0 Å². The van der Waals surface area contributed by atoms with Crippen LogP contribution in [0.5, 0.6) is 0 Å². The first-order valence-electron chi connectivity index (χ1n) is 14.7. The predicted molar refractivity (Wildman–Crippen MR) is 175 cm³/mol. The minimum absolute atomic E-state index is 0.0376. The number of anilines is 3. The first-order valence-corrected chi connectivity index (χ1v) is 15.4. The summed E-state index contributed by atoms with van der Waals surface area (Å²) in [5.41, 5.74) is 3.54. The zero-order chi connectivity index (χ0) is 31.7. The molecule has 3 aromatic heterocycles. The Morgan fingerprint density at radius 1 is 1.07 bits per heavy atom. The van der Waals surface area contributed by atoms with Gasteiger partial charge in [0, 0.05) is 48.3 Å². The fourth-order valence-electron chi connectivity index (χ4n) is 5.74. The predicted octanol–water partition coefficient (Wildman–Crippen LogP) is 7.92. The zero-order valence-electron chi connectivity index (χ0n) is 25.1. The lowest BCUT2D eigenvalue weighted by Crippen LogP contribution is -2.46. The van der Waals surface area contributed by atoms with Gasteiger partial charge in [-0.05, 0) is 69.5 Å². The summed E-state index contributed by atoms with van der Waals surface area (Å²) in [4.78, 5) is 11.3. The average molecular weight is 645 g/mol. The number of hydrogen-bond acceptors (Lipinski definition) is 8. The van der Waals surface area contributed by atoms with Crippen molar-refractivity contribution in [3.05, 3.63) is 99.9 Å². The Balaban J connectivity index is 1.36. The SMILES string of the molecule is CC(C)(C)N1CCC(n2cc([C@@H](Nc3cc(Cl)c4ncc(C#N)c(Nc5cccc(Cl)c5F)c4c3)c3cccnc3)nn2)CC1. The summed E-state index contributed by atoms with van der Waals surface area (Å²) in [6.07, 6.45) is 8.88. The molecule has 1 atom stereocenters. The van der Waals surface area contributed by atoms with Crippen molar-refractivity contribution in [1.29, 1.82) is 5.26 Å². The minimum atomic E-state index is -0.628. The van der Waals surface area contributed by atoms with E-state index in [2.05, 4.69) is 62.7 Å². The summed E-state index contributed by atoms with van der Waals surface area (Å²) in [5, 5.41) is 26.5. The van der Waals surface area contributed by atoms with Crippen LogP contribution in [0.15, 0.2) is 67.3 Å². The number of piperidine rings is 1. The van der Waals surface area contributed by atoms with E-state index in [1.54, 1.807) is 30.6 Å². The molecular weight excluding hydrogens is 612 g/mol. The molecular formula is C33H32Cl2FN9. The number of nitrogens with zero attached hydrogens (tertiary/aromatic N) is 7. The quantitative estimate of drug-likeness (QED) is 0.184. The number of benzene rings is 2. The molecule has 1 aliphatic heterocycles. The Hall–Kier alpha value is -4.30. The highest BCUT2D eigenvalue weighted by Gasteiger charge is 2.29. The van der Waals surface area contributed by atoms with Gasteiger partial charge in [0.2, 0.25) is 0 Å². The summed E-state index contributed by atoms with van der Waals surface area (Å²) >= 11 is 12.8.